The predicted octanol–water partition coefficient (Wildman–Crippen LogP) is 2.70. The van der Waals surface area contributed by atoms with Crippen LogP contribution >= 0.6 is 11.6 Å². The highest BCUT2D eigenvalue weighted by Gasteiger charge is 2.19. The monoisotopic (exact) mass is 336 g/mol. The van der Waals surface area contributed by atoms with E-state index in [1.807, 2.05) is 0 Å². The van der Waals surface area contributed by atoms with Crippen LogP contribution in [0.4, 0.5) is 5.69 Å². The maximum atomic E-state index is 12.3. The number of benzene rings is 1. The quantitative estimate of drug-likeness (QED) is 0.871. The van der Waals surface area contributed by atoms with Crippen LogP contribution in [0.3, 0.4) is 0 Å². The van der Waals surface area contributed by atoms with E-state index in [4.69, 9.17) is 26.2 Å². The van der Waals surface area contributed by atoms with Crippen LogP contribution in [-0.4, -0.2) is 36.2 Å². The molecule has 1 amide bonds. The molecule has 0 unspecified atom stereocenters. The molecule has 0 aliphatic carbocycles. The molecule has 1 aromatic carbocycles. The highest BCUT2D eigenvalue weighted by atomic mass is 35.5. The van der Waals surface area contributed by atoms with Crippen LogP contribution in [0.2, 0.25) is 5.02 Å². The van der Waals surface area contributed by atoms with Crippen molar-refractivity contribution in [3.8, 4) is 11.5 Å². The average Bonchev–Trinajstić information content (AvgIpc) is 2.55. The van der Waals surface area contributed by atoms with Crippen LogP contribution in [0.25, 0.3) is 0 Å². The third-order valence-electron chi connectivity index (χ3n) is 3.02. The van der Waals surface area contributed by atoms with Gasteiger partial charge in [0.05, 0.1) is 36.1 Å². The number of aromatic carboxylic acids is 1. The van der Waals surface area contributed by atoms with Gasteiger partial charge in [0.15, 0.2) is 0 Å². The van der Waals surface area contributed by atoms with Gasteiger partial charge in [0.25, 0.3) is 5.91 Å². The molecule has 0 aliphatic rings. The van der Waals surface area contributed by atoms with E-state index < -0.39 is 11.9 Å². The largest absolute Gasteiger partial charge is 0.495 e. The fourth-order valence-corrected chi connectivity index (χ4v) is 2.15. The summed E-state index contributed by atoms with van der Waals surface area (Å²) in [7, 11) is 2.88. The molecule has 0 saturated carbocycles. The van der Waals surface area contributed by atoms with Crippen LogP contribution in [-0.2, 0) is 0 Å². The van der Waals surface area contributed by atoms with E-state index in [1.165, 1.54) is 38.6 Å². The first kappa shape index (κ1) is 16.6. The Bertz CT molecular complexity index is 764. The second-order valence-corrected chi connectivity index (χ2v) is 4.77. The van der Waals surface area contributed by atoms with Gasteiger partial charge in [-0.15, -0.1) is 0 Å². The lowest BCUT2D eigenvalue weighted by atomic mass is 10.1. The Morgan fingerprint density at radius 1 is 1.17 bits per heavy atom. The number of methoxy groups -OCH3 is 2. The fourth-order valence-electron chi connectivity index (χ4n) is 1.91. The van der Waals surface area contributed by atoms with E-state index in [9.17, 15) is 9.59 Å². The minimum Gasteiger partial charge on any atom is -0.495 e. The minimum atomic E-state index is -1.25. The van der Waals surface area contributed by atoms with Crippen LogP contribution in [0, 0.1) is 0 Å². The molecule has 0 saturated heterocycles. The summed E-state index contributed by atoms with van der Waals surface area (Å²) >= 11 is 6.03. The molecule has 2 aromatic rings. The summed E-state index contributed by atoms with van der Waals surface area (Å²) in [6.07, 6.45) is 2.44. The van der Waals surface area contributed by atoms with Crippen LogP contribution < -0.4 is 14.8 Å². The summed E-state index contributed by atoms with van der Waals surface area (Å²) in [5.74, 6) is -1.16. The van der Waals surface area contributed by atoms with Crippen LogP contribution in [0.5, 0.6) is 11.5 Å². The van der Waals surface area contributed by atoms with Gasteiger partial charge in [0.2, 0.25) is 0 Å². The zero-order chi connectivity index (χ0) is 17.0. The van der Waals surface area contributed by atoms with Crippen molar-refractivity contribution in [2.75, 3.05) is 19.5 Å². The molecule has 1 heterocycles. The lowest BCUT2D eigenvalue weighted by Gasteiger charge is -2.13. The smallest absolute Gasteiger partial charge is 0.338 e. The SMILES string of the molecule is COc1cc(OC)c(NC(=O)c2ccncc2C(=O)O)cc1Cl. The molecule has 120 valence electrons. The van der Waals surface area contributed by atoms with Crippen molar-refractivity contribution in [3.63, 3.8) is 0 Å². The minimum absolute atomic E-state index is 0.0264. The van der Waals surface area contributed by atoms with E-state index in [2.05, 4.69) is 10.3 Å². The molecule has 0 aliphatic heterocycles. The van der Waals surface area contributed by atoms with E-state index in [1.54, 1.807) is 0 Å². The van der Waals surface area contributed by atoms with Gasteiger partial charge in [-0.25, -0.2) is 4.79 Å². The van der Waals surface area contributed by atoms with Crippen molar-refractivity contribution in [1.82, 2.24) is 4.98 Å². The summed E-state index contributed by atoms with van der Waals surface area (Å²) < 4.78 is 10.2. The summed E-state index contributed by atoms with van der Waals surface area (Å²) in [5.41, 5.74) is 0.0570. The topological polar surface area (TPSA) is 97.8 Å². The number of hydrogen-bond donors (Lipinski definition) is 2. The lowest BCUT2D eigenvalue weighted by Crippen LogP contribution is -2.17. The predicted molar refractivity (Wildman–Crippen MR) is 83.7 cm³/mol. The molecular formula is C15H13ClN2O5. The van der Waals surface area contributed by atoms with E-state index >= 15 is 0 Å². The number of rotatable bonds is 5. The average molecular weight is 337 g/mol. The molecule has 0 fully saturated rings. The molecule has 23 heavy (non-hydrogen) atoms. The first-order valence-corrected chi connectivity index (χ1v) is 6.76. The van der Waals surface area contributed by atoms with Crippen LogP contribution in [0.15, 0.2) is 30.6 Å². The number of halogens is 1. The lowest BCUT2D eigenvalue weighted by molar-refractivity contribution is 0.0692. The second kappa shape index (κ2) is 6.97. The number of carboxylic acid groups (broad SMARTS) is 1. The van der Waals surface area contributed by atoms with Crippen molar-refractivity contribution in [3.05, 3.63) is 46.7 Å². The van der Waals surface area contributed by atoms with E-state index in [-0.39, 0.29) is 21.8 Å². The van der Waals surface area contributed by atoms with Gasteiger partial charge in [0, 0.05) is 18.5 Å². The molecule has 8 heteroatoms. The van der Waals surface area contributed by atoms with Crippen molar-refractivity contribution in [2.45, 2.75) is 0 Å². The molecular weight excluding hydrogens is 324 g/mol. The molecule has 1 aromatic heterocycles. The Morgan fingerprint density at radius 3 is 2.48 bits per heavy atom. The number of carbonyl (C=O) groups is 2. The molecule has 7 nitrogen and oxygen atoms in total. The van der Waals surface area contributed by atoms with Gasteiger partial charge in [-0.05, 0) is 12.1 Å². The number of amides is 1. The Hall–Kier alpha value is -2.80. The third-order valence-corrected chi connectivity index (χ3v) is 3.31. The van der Waals surface area contributed by atoms with Crippen molar-refractivity contribution in [1.29, 1.82) is 0 Å². The number of aromatic nitrogens is 1. The summed E-state index contributed by atoms with van der Waals surface area (Å²) in [6.45, 7) is 0. The Morgan fingerprint density at radius 2 is 1.87 bits per heavy atom. The van der Waals surface area contributed by atoms with Gasteiger partial charge in [-0.2, -0.15) is 0 Å². The van der Waals surface area contributed by atoms with Crippen molar-refractivity contribution >= 4 is 29.2 Å². The maximum absolute atomic E-state index is 12.3. The molecule has 2 rings (SSSR count). The standard InChI is InChI=1S/C15H13ClN2O5/c1-22-12-6-13(23-2)11(5-10(12)16)18-14(19)8-3-4-17-7-9(8)15(20)21/h3-7H,1-2H3,(H,18,19)(H,20,21). The molecule has 0 atom stereocenters. The third kappa shape index (κ3) is 3.51. The second-order valence-electron chi connectivity index (χ2n) is 4.37. The zero-order valence-corrected chi connectivity index (χ0v) is 13.0. The van der Waals surface area contributed by atoms with E-state index in [0.29, 0.717) is 11.5 Å². The highest BCUT2D eigenvalue weighted by Crippen LogP contribution is 2.36. The van der Waals surface area contributed by atoms with Crippen molar-refractivity contribution in [2.24, 2.45) is 0 Å². The first-order valence-electron chi connectivity index (χ1n) is 6.38. The number of carbonyl (C=O) groups excluding carboxylic acids is 1. The molecule has 0 spiro atoms. The normalized spacial score (nSPS) is 10.0. The van der Waals surface area contributed by atoms with Gasteiger partial charge < -0.3 is 19.9 Å². The number of hydrogen-bond acceptors (Lipinski definition) is 5. The number of anilines is 1. The number of pyridine rings is 1. The van der Waals surface area contributed by atoms with Gasteiger partial charge in [-0.1, -0.05) is 11.6 Å². The Balaban J connectivity index is 2.38. The number of nitrogens with zero attached hydrogens (tertiary/aromatic N) is 1. The summed E-state index contributed by atoms with van der Waals surface area (Å²) in [5, 5.41) is 12.0. The molecule has 0 radical (unpaired) electrons. The fraction of sp³-hybridized carbons (Fsp3) is 0.133. The van der Waals surface area contributed by atoms with Crippen molar-refractivity contribution < 1.29 is 24.2 Å². The van der Waals surface area contributed by atoms with Gasteiger partial charge in [-0.3, -0.25) is 9.78 Å². The highest BCUT2D eigenvalue weighted by molar-refractivity contribution is 6.32. The molecule has 2 N–H and O–H groups in total. The molecule has 0 bridgehead atoms. The Kier molecular flexibility index (Phi) is 5.02. The Labute approximate surface area is 136 Å². The van der Waals surface area contributed by atoms with E-state index in [0.717, 1.165) is 6.20 Å². The maximum Gasteiger partial charge on any atom is 0.338 e. The van der Waals surface area contributed by atoms with Gasteiger partial charge in [0.1, 0.15) is 11.5 Å². The summed E-state index contributed by atoms with van der Waals surface area (Å²) in [4.78, 5) is 27.2. The number of carboxylic acids is 1. The van der Waals surface area contributed by atoms with Gasteiger partial charge >= 0.3 is 5.97 Å². The van der Waals surface area contributed by atoms with Crippen LogP contribution in [0.1, 0.15) is 20.7 Å². The zero-order valence-electron chi connectivity index (χ0n) is 12.3. The number of ether oxygens (including phenoxy) is 2. The first-order chi connectivity index (χ1) is 11.0. The number of nitrogens with one attached hydrogen (secondary N) is 1. The summed E-state index contributed by atoms with van der Waals surface area (Å²) in [6, 6.07) is 4.29.